The van der Waals surface area contributed by atoms with E-state index in [1.165, 1.54) is 30.5 Å². The van der Waals surface area contributed by atoms with Crippen LogP contribution >= 0.6 is 0 Å². The molecule has 2 aromatic rings. The largest absolute Gasteiger partial charge is 0.481 e. The summed E-state index contributed by atoms with van der Waals surface area (Å²) in [6.45, 7) is 2.64. The van der Waals surface area contributed by atoms with Crippen molar-refractivity contribution in [2.75, 3.05) is 31.6 Å². The van der Waals surface area contributed by atoms with Crippen molar-refractivity contribution in [3.05, 3.63) is 53.2 Å². The van der Waals surface area contributed by atoms with Gasteiger partial charge in [0.15, 0.2) is 0 Å². The fourth-order valence-corrected chi connectivity index (χ4v) is 4.21. The van der Waals surface area contributed by atoms with E-state index in [2.05, 4.69) is 33.4 Å². The van der Waals surface area contributed by atoms with Crippen LogP contribution in [0.4, 0.5) is 5.69 Å². The van der Waals surface area contributed by atoms with Gasteiger partial charge < -0.3 is 20.1 Å². The molecule has 5 heteroatoms. The molecule has 1 fully saturated rings. The van der Waals surface area contributed by atoms with Gasteiger partial charge >= 0.3 is 0 Å². The first-order valence-electron chi connectivity index (χ1n) is 10.0. The Morgan fingerprint density at radius 3 is 2.81 bits per heavy atom. The zero-order valence-electron chi connectivity index (χ0n) is 16.0. The Balaban J connectivity index is 1.27. The van der Waals surface area contributed by atoms with E-state index in [4.69, 9.17) is 4.74 Å². The highest BCUT2D eigenvalue weighted by Gasteiger charge is 2.21. The number of pyridine rings is 1. The van der Waals surface area contributed by atoms with Gasteiger partial charge in [0, 0.05) is 37.4 Å². The van der Waals surface area contributed by atoms with Crippen LogP contribution in [0.15, 0.2) is 36.4 Å². The van der Waals surface area contributed by atoms with E-state index in [9.17, 15) is 5.11 Å². The van der Waals surface area contributed by atoms with Crippen molar-refractivity contribution in [3.63, 3.8) is 0 Å². The van der Waals surface area contributed by atoms with Gasteiger partial charge in [-0.05, 0) is 61.4 Å². The molecule has 5 nitrogen and oxygen atoms in total. The number of fused-ring (bicyclic) bond motifs is 1. The number of rotatable bonds is 6. The number of nitrogens with zero attached hydrogens (tertiary/aromatic N) is 2. The number of piperidine rings is 1. The number of anilines is 1. The number of aliphatic hydroxyl groups is 1. The van der Waals surface area contributed by atoms with Gasteiger partial charge in [0.05, 0.1) is 12.8 Å². The van der Waals surface area contributed by atoms with Crippen LogP contribution in [-0.4, -0.2) is 42.9 Å². The fraction of sp³-hybridized carbons (Fsp3) is 0.500. The number of aromatic nitrogens is 1. The minimum atomic E-state index is -0.616. The molecular weight excluding hydrogens is 338 g/mol. The standard InChI is InChI=1S/C22H29N3O2/c1-27-22-7-3-6-20(24-22)21(26)15-23-18-10-12-25(13-11-18)19-9-8-16-4-2-5-17(16)14-19/h3,6-9,14,18,21,23,26H,2,4-5,10-13,15H2,1H3. The molecular formula is C22H29N3O2. The molecule has 27 heavy (non-hydrogen) atoms. The van der Waals surface area contributed by atoms with Crippen LogP contribution in [-0.2, 0) is 12.8 Å². The molecule has 2 N–H and O–H groups in total. The molecule has 2 aliphatic rings. The third-order valence-electron chi connectivity index (χ3n) is 5.84. The van der Waals surface area contributed by atoms with E-state index in [1.54, 1.807) is 18.7 Å². The Kier molecular flexibility index (Phi) is 5.60. The van der Waals surface area contributed by atoms with Crippen LogP contribution in [0.3, 0.4) is 0 Å². The maximum atomic E-state index is 10.4. The predicted octanol–water partition coefficient (Wildman–Crippen LogP) is 2.87. The lowest BCUT2D eigenvalue weighted by Gasteiger charge is -2.34. The maximum Gasteiger partial charge on any atom is 0.213 e. The Hall–Kier alpha value is -2.11. The SMILES string of the molecule is COc1cccc(C(O)CNC2CCN(c3ccc4c(c3)CCC4)CC2)n1. The highest BCUT2D eigenvalue weighted by atomic mass is 16.5. The summed E-state index contributed by atoms with van der Waals surface area (Å²) in [4.78, 5) is 6.81. The van der Waals surface area contributed by atoms with E-state index >= 15 is 0 Å². The molecule has 0 saturated carbocycles. The molecule has 1 saturated heterocycles. The highest BCUT2D eigenvalue weighted by molar-refractivity contribution is 5.52. The van der Waals surface area contributed by atoms with Crippen molar-refractivity contribution < 1.29 is 9.84 Å². The van der Waals surface area contributed by atoms with E-state index in [-0.39, 0.29) is 0 Å². The third-order valence-corrected chi connectivity index (χ3v) is 5.84. The van der Waals surface area contributed by atoms with Gasteiger partial charge in [-0.15, -0.1) is 0 Å². The average molecular weight is 367 g/mol. The van der Waals surface area contributed by atoms with Crippen molar-refractivity contribution in [2.45, 2.75) is 44.2 Å². The summed E-state index contributed by atoms with van der Waals surface area (Å²) in [6, 6.07) is 12.9. The van der Waals surface area contributed by atoms with Crippen molar-refractivity contribution >= 4 is 5.69 Å². The molecule has 4 rings (SSSR count). The molecule has 1 unspecified atom stereocenters. The lowest BCUT2D eigenvalue weighted by Crippen LogP contribution is -2.43. The Bertz CT molecular complexity index is 772. The lowest BCUT2D eigenvalue weighted by atomic mass is 10.0. The molecule has 0 amide bonds. The molecule has 1 aliphatic heterocycles. The Morgan fingerprint density at radius 1 is 1.19 bits per heavy atom. The average Bonchev–Trinajstić information content (AvgIpc) is 3.20. The third kappa shape index (κ3) is 4.25. The van der Waals surface area contributed by atoms with Gasteiger partial charge in [-0.1, -0.05) is 12.1 Å². The molecule has 144 valence electrons. The van der Waals surface area contributed by atoms with Gasteiger partial charge in [0.1, 0.15) is 6.10 Å². The summed E-state index contributed by atoms with van der Waals surface area (Å²) in [6.07, 6.45) is 5.35. The summed E-state index contributed by atoms with van der Waals surface area (Å²) in [5.41, 5.74) is 5.10. The monoisotopic (exact) mass is 367 g/mol. The lowest BCUT2D eigenvalue weighted by molar-refractivity contribution is 0.161. The van der Waals surface area contributed by atoms with Crippen molar-refractivity contribution in [3.8, 4) is 5.88 Å². The quantitative estimate of drug-likeness (QED) is 0.822. The molecule has 0 bridgehead atoms. The van der Waals surface area contributed by atoms with Gasteiger partial charge in [0.2, 0.25) is 5.88 Å². The number of hydrogen-bond donors (Lipinski definition) is 2. The second-order valence-electron chi connectivity index (χ2n) is 7.60. The van der Waals surface area contributed by atoms with Crippen LogP contribution in [0.2, 0.25) is 0 Å². The van der Waals surface area contributed by atoms with Gasteiger partial charge in [-0.3, -0.25) is 0 Å². The van der Waals surface area contributed by atoms with Crippen LogP contribution in [0.5, 0.6) is 5.88 Å². The van der Waals surface area contributed by atoms with Crippen LogP contribution in [0.25, 0.3) is 0 Å². The molecule has 1 aromatic heterocycles. The number of nitrogens with one attached hydrogen (secondary N) is 1. The first kappa shape index (κ1) is 18.3. The van der Waals surface area contributed by atoms with Crippen LogP contribution < -0.4 is 15.0 Å². The summed E-state index contributed by atoms with van der Waals surface area (Å²) < 4.78 is 5.13. The summed E-state index contributed by atoms with van der Waals surface area (Å²) >= 11 is 0. The van der Waals surface area contributed by atoms with Gasteiger partial charge in [-0.2, -0.15) is 0 Å². The summed E-state index contributed by atoms with van der Waals surface area (Å²) in [7, 11) is 1.59. The van der Waals surface area contributed by atoms with Crippen molar-refractivity contribution in [2.24, 2.45) is 0 Å². The summed E-state index contributed by atoms with van der Waals surface area (Å²) in [5.74, 6) is 0.536. The molecule has 0 radical (unpaired) electrons. The summed E-state index contributed by atoms with van der Waals surface area (Å²) in [5, 5.41) is 13.9. The number of aliphatic hydroxyl groups excluding tert-OH is 1. The van der Waals surface area contributed by atoms with Crippen molar-refractivity contribution in [1.82, 2.24) is 10.3 Å². The van der Waals surface area contributed by atoms with Crippen LogP contribution in [0.1, 0.15) is 42.2 Å². The normalized spacial score (nSPS) is 18.4. The van der Waals surface area contributed by atoms with E-state index < -0.39 is 6.10 Å². The van der Waals surface area contributed by atoms with Gasteiger partial charge in [0.25, 0.3) is 0 Å². The number of benzene rings is 1. The Morgan fingerprint density at radius 2 is 2.00 bits per heavy atom. The van der Waals surface area contributed by atoms with Crippen LogP contribution in [0, 0.1) is 0 Å². The first-order valence-corrected chi connectivity index (χ1v) is 10.0. The number of hydrogen-bond acceptors (Lipinski definition) is 5. The first-order chi connectivity index (χ1) is 13.2. The van der Waals surface area contributed by atoms with E-state index in [0.29, 0.717) is 24.2 Å². The second kappa shape index (κ2) is 8.28. The second-order valence-corrected chi connectivity index (χ2v) is 7.60. The predicted molar refractivity (Wildman–Crippen MR) is 107 cm³/mol. The number of ether oxygens (including phenoxy) is 1. The maximum absolute atomic E-state index is 10.4. The molecule has 1 atom stereocenters. The number of aryl methyl sites for hydroxylation is 2. The minimum Gasteiger partial charge on any atom is -0.481 e. The minimum absolute atomic E-state index is 0.441. The molecule has 2 heterocycles. The zero-order chi connectivity index (χ0) is 18.6. The molecule has 1 aliphatic carbocycles. The zero-order valence-corrected chi connectivity index (χ0v) is 16.0. The van der Waals surface area contributed by atoms with Crippen molar-refractivity contribution in [1.29, 1.82) is 0 Å². The smallest absolute Gasteiger partial charge is 0.213 e. The highest BCUT2D eigenvalue weighted by Crippen LogP contribution is 2.28. The van der Waals surface area contributed by atoms with E-state index in [1.807, 2.05) is 12.1 Å². The molecule has 0 spiro atoms. The topological polar surface area (TPSA) is 57.6 Å². The van der Waals surface area contributed by atoms with Gasteiger partial charge in [-0.25, -0.2) is 4.98 Å². The fourth-order valence-electron chi connectivity index (χ4n) is 4.21. The molecule has 1 aromatic carbocycles. The van der Waals surface area contributed by atoms with E-state index in [0.717, 1.165) is 25.9 Å². The number of methoxy groups -OCH3 is 1. The Labute approximate surface area is 161 Å².